The van der Waals surface area contributed by atoms with Crippen molar-refractivity contribution in [1.29, 1.82) is 0 Å². The van der Waals surface area contributed by atoms with Crippen molar-refractivity contribution in [2.24, 2.45) is 0 Å². The Morgan fingerprint density at radius 2 is 2.07 bits per heavy atom. The second-order valence-electron chi connectivity index (χ2n) is 6.29. The van der Waals surface area contributed by atoms with E-state index in [1.807, 2.05) is 43.3 Å². The van der Waals surface area contributed by atoms with E-state index in [-0.39, 0.29) is 6.03 Å². The lowest BCUT2D eigenvalue weighted by molar-refractivity contribution is 0.252. The predicted molar refractivity (Wildman–Crippen MR) is 119 cm³/mol. The van der Waals surface area contributed by atoms with Crippen LogP contribution in [0.15, 0.2) is 42.5 Å². The summed E-state index contributed by atoms with van der Waals surface area (Å²) in [5.41, 5.74) is 10.2. The average molecular weight is 411 g/mol. The van der Waals surface area contributed by atoms with Crippen LogP contribution >= 0.6 is 11.6 Å². The Labute approximate surface area is 175 Å². The predicted octanol–water partition coefficient (Wildman–Crippen LogP) is 4.01. The molecule has 0 aliphatic rings. The Morgan fingerprint density at radius 3 is 2.79 bits per heavy atom. The van der Waals surface area contributed by atoms with E-state index >= 15 is 0 Å². The number of carbonyl (C=O) groups excluding carboxylic acids is 1. The molecular formula is C22H23ClN4O2. The van der Waals surface area contributed by atoms with Crippen molar-refractivity contribution in [3.63, 3.8) is 0 Å². The van der Waals surface area contributed by atoms with Crippen LogP contribution in [-0.4, -0.2) is 30.1 Å². The molecule has 2 amide bonds. The summed E-state index contributed by atoms with van der Waals surface area (Å²) in [6.07, 6.45) is 0. The minimum absolute atomic E-state index is 0.306. The van der Waals surface area contributed by atoms with Crippen LogP contribution in [0.2, 0.25) is 0 Å². The molecule has 0 atom stereocenters. The molecule has 6 nitrogen and oxygen atoms in total. The van der Waals surface area contributed by atoms with Crippen LogP contribution in [0.4, 0.5) is 16.2 Å². The summed E-state index contributed by atoms with van der Waals surface area (Å²) < 4.78 is 7.40. The second kappa shape index (κ2) is 9.26. The van der Waals surface area contributed by atoms with E-state index in [9.17, 15) is 4.79 Å². The highest BCUT2D eigenvalue weighted by atomic mass is 35.5. The number of aryl methyl sites for hydroxylation is 1. The molecule has 0 aliphatic heterocycles. The molecule has 1 heterocycles. The molecule has 0 saturated heterocycles. The van der Waals surface area contributed by atoms with Gasteiger partial charge in [-0.15, -0.1) is 11.6 Å². The van der Waals surface area contributed by atoms with Crippen LogP contribution in [0, 0.1) is 11.8 Å². The van der Waals surface area contributed by atoms with Crippen molar-refractivity contribution in [1.82, 2.24) is 9.88 Å². The number of nitrogens with one attached hydrogen (secondary N) is 2. The first-order valence-corrected chi connectivity index (χ1v) is 9.79. The highest BCUT2D eigenvalue weighted by molar-refractivity contribution is 6.18. The zero-order chi connectivity index (χ0) is 20.8. The molecule has 1 aromatic heterocycles. The number of aromatic nitrogens is 1. The van der Waals surface area contributed by atoms with Crippen molar-refractivity contribution in [2.75, 3.05) is 30.6 Å². The largest absolute Gasteiger partial charge is 0.497 e. The maximum absolute atomic E-state index is 11.8. The Balaban J connectivity index is 1.92. The molecule has 0 fully saturated rings. The summed E-state index contributed by atoms with van der Waals surface area (Å²) in [5.74, 6) is 7.47. The summed E-state index contributed by atoms with van der Waals surface area (Å²) in [6, 6.07) is 12.8. The van der Waals surface area contributed by atoms with Gasteiger partial charge in [0.2, 0.25) is 0 Å². The molecule has 29 heavy (non-hydrogen) atoms. The topological polar surface area (TPSA) is 81.3 Å². The number of fused-ring (bicyclic) bond motifs is 1. The van der Waals surface area contributed by atoms with Gasteiger partial charge >= 0.3 is 6.03 Å². The maximum Gasteiger partial charge on any atom is 0.319 e. The molecule has 0 bridgehead atoms. The van der Waals surface area contributed by atoms with Crippen molar-refractivity contribution < 1.29 is 9.53 Å². The van der Waals surface area contributed by atoms with E-state index in [0.29, 0.717) is 23.8 Å². The lowest BCUT2D eigenvalue weighted by Crippen LogP contribution is -2.30. The third-order valence-electron chi connectivity index (χ3n) is 4.45. The molecule has 0 spiro atoms. The number of nitrogens with two attached hydrogens (primary N) is 1. The number of nitrogen functional groups attached to an aromatic ring is 1. The van der Waals surface area contributed by atoms with Crippen LogP contribution in [-0.2, 0) is 6.54 Å². The Bertz CT molecular complexity index is 1100. The minimum atomic E-state index is -0.306. The van der Waals surface area contributed by atoms with E-state index in [4.69, 9.17) is 22.1 Å². The zero-order valence-electron chi connectivity index (χ0n) is 16.4. The number of carbonyl (C=O) groups is 1. The number of hydrogen-bond donors (Lipinski definition) is 3. The van der Waals surface area contributed by atoms with Crippen LogP contribution in [0.1, 0.15) is 18.2 Å². The smallest absolute Gasteiger partial charge is 0.319 e. The van der Waals surface area contributed by atoms with Gasteiger partial charge in [-0.2, -0.15) is 0 Å². The fourth-order valence-electron chi connectivity index (χ4n) is 3.09. The van der Waals surface area contributed by atoms with Crippen molar-refractivity contribution in [2.45, 2.75) is 13.5 Å². The number of anilines is 2. The van der Waals surface area contributed by atoms with Crippen molar-refractivity contribution in [3.05, 3.63) is 53.7 Å². The Hall–Kier alpha value is -3.30. The van der Waals surface area contributed by atoms with Gasteiger partial charge in [0.15, 0.2) is 0 Å². The van der Waals surface area contributed by atoms with Gasteiger partial charge < -0.3 is 25.7 Å². The number of rotatable bonds is 5. The lowest BCUT2D eigenvalue weighted by atomic mass is 10.2. The molecule has 0 aliphatic carbocycles. The van der Waals surface area contributed by atoms with Crippen LogP contribution < -0.4 is 21.1 Å². The van der Waals surface area contributed by atoms with E-state index in [0.717, 1.165) is 34.5 Å². The van der Waals surface area contributed by atoms with Gasteiger partial charge in [0.05, 0.1) is 18.3 Å². The van der Waals surface area contributed by atoms with Gasteiger partial charge in [0.1, 0.15) is 11.4 Å². The monoisotopic (exact) mass is 410 g/mol. The van der Waals surface area contributed by atoms with Gasteiger partial charge in [-0.05, 0) is 43.2 Å². The summed E-state index contributed by atoms with van der Waals surface area (Å²) in [6.45, 7) is 3.18. The molecule has 0 radical (unpaired) electrons. The number of alkyl halides is 1. The van der Waals surface area contributed by atoms with Gasteiger partial charge in [-0.25, -0.2) is 4.79 Å². The number of hydrogen-bond acceptors (Lipinski definition) is 3. The van der Waals surface area contributed by atoms with Gasteiger partial charge in [-0.1, -0.05) is 12.0 Å². The summed E-state index contributed by atoms with van der Waals surface area (Å²) in [4.78, 5) is 11.8. The number of nitrogens with zero attached hydrogens (tertiary/aromatic N) is 1. The van der Waals surface area contributed by atoms with Crippen LogP contribution in [0.3, 0.4) is 0 Å². The Morgan fingerprint density at radius 1 is 1.24 bits per heavy atom. The highest BCUT2D eigenvalue weighted by Gasteiger charge is 2.13. The first-order chi connectivity index (χ1) is 14.1. The number of halogens is 1. The number of methoxy groups -OCH3 is 1. The molecule has 3 rings (SSSR count). The normalized spacial score (nSPS) is 10.3. The van der Waals surface area contributed by atoms with Crippen LogP contribution in [0.25, 0.3) is 10.9 Å². The number of amides is 2. The fraction of sp³-hybridized carbons (Fsp3) is 0.227. The zero-order valence-corrected chi connectivity index (χ0v) is 17.1. The number of benzene rings is 2. The van der Waals surface area contributed by atoms with E-state index < -0.39 is 0 Å². The van der Waals surface area contributed by atoms with Gasteiger partial charge in [0, 0.05) is 41.7 Å². The third kappa shape index (κ3) is 4.58. The summed E-state index contributed by atoms with van der Waals surface area (Å²) in [7, 11) is 1.64. The third-order valence-corrected chi connectivity index (χ3v) is 4.64. The maximum atomic E-state index is 11.8. The first-order valence-electron chi connectivity index (χ1n) is 9.26. The van der Waals surface area contributed by atoms with Crippen LogP contribution in [0.5, 0.6) is 5.75 Å². The van der Waals surface area contributed by atoms with E-state index in [1.165, 1.54) is 0 Å². The summed E-state index contributed by atoms with van der Waals surface area (Å²) in [5, 5.41) is 6.37. The molecule has 0 unspecified atom stereocenters. The SMILES string of the molecule is CCn1c(C#Cc2cccc(NC(=O)NCCCl)c2)c(N)c2ccc(OC)cc21. The van der Waals surface area contributed by atoms with E-state index in [1.54, 1.807) is 13.2 Å². The van der Waals surface area contributed by atoms with E-state index in [2.05, 4.69) is 27.0 Å². The highest BCUT2D eigenvalue weighted by Crippen LogP contribution is 2.31. The average Bonchev–Trinajstić information content (AvgIpc) is 3.01. The molecule has 4 N–H and O–H groups in total. The quantitative estimate of drug-likeness (QED) is 0.439. The minimum Gasteiger partial charge on any atom is -0.497 e. The van der Waals surface area contributed by atoms with Crippen molar-refractivity contribution >= 4 is 39.9 Å². The molecule has 2 aromatic carbocycles. The molecular weight excluding hydrogens is 388 g/mol. The lowest BCUT2D eigenvalue weighted by Gasteiger charge is -2.06. The standard InChI is InChI=1S/C22H23ClN4O2/c1-3-27-19(21(24)18-9-8-17(29-2)14-20(18)27)10-7-15-5-4-6-16(13-15)26-22(28)25-12-11-23/h4-6,8-9,13-14H,3,11-12,24H2,1-2H3,(H2,25,26,28). The molecule has 150 valence electrons. The molecule has 3 aromatic rings. The molecule has 7 heteroatoms. The first kappa shape index (κ1) is 20.4. The summed E-state index contributed by atoms with van der Waals surface area (Å²) >= 11 is 5.58. The van der Waals surface area contributed by atoms with Gasteiger partial charge in [-0.3, -0.25) is 0 Å². The second-order valence-corrected chi connectivity index (χ2v) is 6.67. The van der Waals surface area contributed by atoms with Gasteiger partial charge in [0.25, 0.3) is 0 Å². The Kier molecular flexibility index (Phi) is 6.53. The number of urea groups is 1. The molecule has 0 saturated carbocycles. The van der Waals surface area contributed by atoms with Crippen molar-refractivity contribution in [3.8, 4) is 17.6 Å². The number of ether oxygens (including phenoxy) is 1. The fourth-order valence-corrected chi connectivity index (χ4v) is 3.18.